The molecule has 0 saturated carbocycles. The molecule has 3 heterocycles. The fourth-order valence-electron chi connectivity index (χ4n) is 3.88. The van der Waals surface area contributed by atoms with E-state index >= 15 is 0 Å². The van der Waals surface area contributed by atoms with E-state index < -0.39 is 6.17 Å². The molecule has 0 aliphatic carbocycles. The Bertz CT molecular complexity index is 1010. The molecule has 1 aromatic carbocycles. The number of alkyl halides is 1. The first kappa shape index (κ1) is 19.4. The van der Waals surface area contributed by atoms with Gasteiger partial charge in [-0.1, -0.05) is 17.3 Å². The number of hydrogen-bond donors (Lipinski definition) is 1. The van der Waals surface area contributed by atoms with Gasteiger partial charge < -0.3 is 10.2 Å². The smallest absolute Gasteiger partial charge is 0.228 e. The minimum absolute atomic E-state index is 0.0169. The molecule has 152 valence electrons. The topological polar surface area (TPSA) is 75.9 Å². The van der Waals surface area contributed by atoms with Crippen LogP contribution >= 0.6 is 0 Å². The Labute approximate surface area is 168 Å². The number of piperidine rings is 1. The maximum atomic E-state index is 13.2. The minimum atomic E-state index is -0.839. The predicted octanol–water partition coefficient (Wildman–Crippen LogP) is 3.04. The third-order valence-electron chi connectivity index (χ3n) is 5.45. The number of benzene rings is 1. The van der Waals surface area contributed by atoms with Crippen LogP contribution in [0, 0.1) is 5.92 Å². The van der Waals surface area contributed by atoms with Crippen molar-refractivity contribution in [2.24, 2.45) is 13.0 Å². The van der Waals surface area contributed by atoms with Gasteiger partial charge in [0, 0.05) is 36.7 Å². The number of anilines is 1. The number of hydrogen-bond acceptors (Lipinski definition) is 5. The van der Waals surface area contributed by atoms with Gasteiger partial charge in [0.05, 0.1) is 11.9 Å². The summed E-state index contributed by atoms with van der Waals surface area (Å²) in [6, 6.07) is 7.94. The summed E-state index contributed by atoms with van der Waals surface area (Å²) in [7, 11) is 1.85. The number of nitrogens with one attached hydrogen (secondary N) is 1. The molecule has 0 bridgehead atoms. The number of fused-ring (bicyclic) bond motifs is 1. The number of aryl methyl sites for hydroxylation is 1. The van der Waals surface area contributed by atoms with Crippen LogP contribution in [0.3, 0.4) is 0 Å². The van der Waals surface area contributed by atoms with Crippen molar-refractivity contribution in [1.82, 2.24) is 24.9 Å². The molecule has 1 aliphatic heterocycles. The summed E-state index contributed by atoms with van der Waals surface area (Å²) >= 11 is 0. The number of pyridine rings is 1. The molecule has 8 heteroatoms. The number of likely N-dealkylation sites (tertiary alicyclic amines) is 1. The maximum absolute atomic E-state index is 13.2. The maximum Gasteiger partial charge on any atom is 0.228 e. The lowest BCUT2D eigenvalue weighted by Crippen LogP contribution is -2.40. The van der Waals surface area contributed by atoms with Gasteiger partial charge in [0.15, 0.2) is 0 Å². The molecule has 1 saturated heterocycles. The second-order valence-corrected chi connectivity index (χ2v) is 7.72. The molecule has 7 nitrogen and oxygen atoms in total. The average molecular weight is 396 g/mol. The Morgan fingerprint density at radius 2 is 2.03 bits per heavy atom. The van der Waals surface area contributed by atoms with Crippen LogP contribution < -0.4 is 5.32 Å². The lowest BCUT2D eigenvalue weighted by atomic mass is 9.95. The highest BCUT2D eigenvalue weighted by Crippen LogP contribution is 2.25. The van der Waals surface area contributed by atoms with E-state index in [1.807, 2.05) is 31.3 Å². The van der Waals surface area contributed by atoms with E-state index in [4.69, 9.17) is 0 Å². The molecule has 2 aromatic heterocycles. The van der Waals surface area contributed by atoms with Crippen LogP contribution in [-0.4, -0.2) is 56.6 Å². The first-order chi connectivity index (χ1) is 14.0. The normalized spacial score (nSPS) is 16.8. The molecule has 0 unspecified atom stereocenters. The number of carbonyl (C=O) groups is 1. The lowest BCUT2D eigenvalue weighted by molar-refractivity contribution is -0.121. The van der Waals surface area contributed by atoms with Gasteiger partial charge in [-0.25, -0.2) is 14.1 Å². The van der Waals surface area contributed by atoms with Crippen molar-refractivity contribution in [3.05, 3.63) is 36.7 Å². The summed E-state index contributed by atoms with van der Waals surface area (Å²) in [5, 5.41) is 12.8. The molecule has 29 heavy (non-hydrogen) atoms. The fraction of sp³-hybridized carbons (Fsp3) is 0.429. The molecule has 3 aromatic rings. The van der Waals surface area contributed by atoms with E-state index in [2.05, 4.69) is 25.5 Å². The highest BCUT2D eigenvalue weighted by molar-refractivity contribution is 5.95. The van der Waals surface area contributed by atoms with Crippen molar-refractivity contribution in [3.63, 3.8) is 0 Å². The second kappa shape index (κ2) is 8.24. The largest absolute Gasteiger partial charge is 0.310 e. The first-order valence-electron chi connectivity index (χ1n) is 9.92. The van der Waals surface area contributed by atoms with Crippen molar-refractivity contribution in [1.29, 1.82) is 0 Å². The van der Waals surface area contributed by atoms with Crippen LogP contribution in [0.15, 0.2) is 36.7 Å². The van der Waals surface area contributed by atoms with E-state index in [9.17, 15) is 9.18 Å². The van der Waals surface area contributed by atoms with Crippen molar-refractivity contribution in [3.8, 4) is 11.3 Å². The Morgan fingerprint density at radius 3 is 2.72 bits per heavy atom. The van der Waals surface area contributed by atoms with Crippen LogP contribution in [0.25, 0.3) is 22.0 Å². The van der Waals surface area contributed by atoms with E-state index in [1.54, 1.807) is 24.0 Å². The van der Waals surface area contributed by atoms with Gasteiger partial charge in [-0.3, -0.25) is 4.79 Å². The molecular formula is C21H25FN6O. The standard InChI is InChI=1S/C21H25FN6O/c1-14(22)13-28-7-5-15(6-8-28)21(29)25-20-10-18-9-16(3-4-17(18)11-23-20)19-12-24-26-27(19)2/h3-4,9-12,14-15H,5-8,13H2,1-2H3,(H,23,25,29)/t14-/m0/s1. The molecule has 4 rings (SSSR count). The van der Waals surface area contributed by atoms with E-state index in [1.165, 1.54) is 0 Å². The van der Waals surface area contributed by atoms with E-state index in [0.717, 1.165) is 48.0 Å². The lowest BCUT2D eigenvalue weighted by Gasteiger charge is -2.31. The Morgan fingerprint density at radius 1 is 1.24 bits per heavy atom. The molecule has 1 N–H and O–H groups in total. The van der Waals surface area contributed by atoms with Crippen LogP contribution in [0.2, 0.25) is 0 Å². The average Bonchev–Trinajstić information content (AvgIpc) is 3.13. The molecule has 1 aliphatic rings. The van der Waals surface area contributed by atoms with Crippen LogP contribution in [-0.2, 0) is 11.8 Å². The summed E-state index contributed by atoms with van der Waals surface area (Å²) in [4.78, 5) is 19.1. The summed E-state index contributed by atoms with van der Waals surface area (Å²) < 4.78 is 14.9. The van der Waals surface area contributed by atoms with Crippen molar-refractivity contribution >= 4 is 22.5 Å². The first-order valence-corrected chi connectivity index (χ1v) is 9.92. The predicted molar refractivity (Wildman–Crippen MR) is 110 cm³/mol. The summed E-state index contributed by atoms with van der Waals surface area (Å²) in [5.41, 5.74) is 1.92. The second-order valence-electron chi connectivity index (χ2n) is 7.72. The summed E-state index contributed by atoms with van der Waals surface area (Å²) in [6.07, 6.45) is 4.13. The van der Waals surface area contributed by atoms with E-state index in [0.29, 0.717) is 12.4 Å². The Balaban J connectivity index is 1.45. The monoisotopic (exact) mass is 396 g/mol. The highest BCUT2D eigenvalue weighted by Gasteiger charge is 2.25. The molecule has 1 atom stereocenters. The number of amides is 1. The van der Waals surface area contributed by atoms with Gasteiger partial charge in [-0.2, -0.15) is 0 Å². The molecule has 1 fully saturated rings. The van der Waals surface area contributed by atoms with Gasteiger partial charge in [0.1, 0.15) is 12.0 Å². The Hall–Kier alpha value is -2.87. The number of rotatable bonds is 5. The summed E-state index contributed by atoms with van der Waals surface area (Å²) in [5.74, 6) is 0.463. The van der Waals surface area contributed by atoms with Crippen LogP contribution in [0.1, 0.15) is 19.8 Å². The quantitative estimate of drug-likeness (QED) is 0.717. The molecule has 0 radical (unpaired) electrons. The third-order valence-corrected chi connectivity index (χ3v) is 5.45. The Kier molecular flexibility index (Phi) is 5.53. The van der Waals surface area contributed by atoms with Gasteiger partial charge in [-0.15, -0.1) is 5.10 Å². The number of halogens is 1. The van der Waals surface area contributed by atoms with Gasteiger partial charge in [0.2, 0.25) is 5.91 Å². The zero-order valence-corrected chi connectivity index (χ0v) is 16.7. The van der Waals surface area contributed by atoms with Gasteiger partial charge >= 0.3 is 0 Å². The van der Waals surface area contributed by atoms with Crippen LogP contribution in [0.5, 0.6) is 0 Å². The van der Waals surface area contributed by atoms with Gasteiger partial charge in [0.25, 0.3) is 0 Å². The van der Waals surface area contributed by atoms with Crippen molar-refractivity contribution < 1.29 is 9.18 Å². The zero-order valence-electron chi connectivity index (χ0n) is 16.7. The highest BCUT2D eigenvalue weighted by atomic mass is 19.1. The fourth-order valence-corrected chi connectivity index (χ4v) is 3.88. The van der Waals surface area contributed by atoms with Crippen LogP contribution in [0.4, 0.5) is 10.2 Å². The third kappa shape index (κ3) is 4.42. The number of carbonyl (C=O) groups excluding carboxylic acids is 1. The molecule has 1 amide bonds. The SMILES string of the molecule is C[C@H](F)CN1CCC(C(=O)Nc2cc3cc(-c4cnnn4C)ccc3cn2)CC1. The molecule has 0 spiro atoms. The minimum Gasteiger partial charge on any atom is -0.310 e. The van der Waals surface area contributed by atoms with Crippen molar-refractivity contribution in [2.75, 3.05) is 25.0 Å². The zero-order chi connectivity index (χ0) is 20.4. The summed E-state index contributed by atoms with van der Waals surface area (Å²) in [6.45, 7) is 3.51. The van der Waals surface area contributed by atoms with Gasteiger partial charge in [-0.05, 0) is 50.4 Å². The van der Waals surface area contributed by atoms with E-state index in [-0.39, 0.29) is 11.8 Å². The number of nitrogens with zero attached hydrogens (tertiary/aromatic N) is 5. The van der Waals surface area contributed by atoms with Crippen molar-refractivity contribution in [2.45, 2.75) is 25.9 Å². The molecular weight excluding hydrogens is 371 g/mol. The number of aromatic nitrogens is 4.